The Balaban J connectivity index is 1.89. The van der Waals surface area contributed by atoms with Crippen molar-refractivity contribution in [3.63, 3.8) is 0 Å². The molecule has 0 bridgehead atoms. The molecule has 1 aromatic carbocycles. The number of anilines is 1. The van der Waals surface area contributed by atoms with Crippen LogP contribution < -0.4 is 16.4 Å². The normalized spacial score (nSPS) is 21.4. The third-order valence-electron chi connectivity index (χ3n) is 6.13. The number of thiophene rings is 1. The zero-order valence-electron chi connectivity index (χ0n) is 18.7. The first-order chi connectivity index (χ1) is 15.0. The largest absolute Gasteiger partial charge is 0.514 e. The van der Waals surface area contributed by atoms with Gasteiger partial charge in [-0.2, -0.15) is 4.79 Å². The molecule has 1 fully saturated rings. The molecule has 5 N–H and O–H groups in total. The number of nitrogens with two attached hydrogens (primary N) is 1. The summed E-state index contributed by atoms with van der Waals surface area (Å²) < 4.78 is -0.108. The van der Waals surface area contributed by atoms with E-state index in [1.54, 1.807) is 6.07 Å². The van der Waals surface area contributed by atoms with E-state index in [9.17, 15) is 19.5 Å². The molecule has 3 rings (SSSR count). The number of primary amides is 1. The molecule has 4 amide bonds. The van der Waals surface area contributed by atoms with Crippen molar-refractivity contribution in [1.82, 2.24) is 5.32 Å². The molecule has 1 aliphatic rings. The van der Waals surface area contributed by atoms with Crippen LogP contribution in [-0.2, 0) is 0 Å². The molecule has 2 atom stereocenters. The van der Waals surface area contributed by atoms with Crippen LogP contribution in [0, 0.1) is 0 Å². The van der Waals surface area contributed by atoms with Gasteiger partial charge >= 0.3 is 12.1 Å². The Hall–Kier alpha value is -2.91. The van der Waals surface area contributed by atoms with Gasteiger partial charge < -0.3 is 16.2 Å². The van der Waals surface area contributed by atoms with E-state index in [4.69, 9.17) is 5.73 Å². The van der Waals surface area contributed by atoms with Crippen LogP contribution in [0.15, 0.2) is 36.4 Å². The van der Waals surface area contributed by atoms with E-state index in [2.05, 4.69) is 10.6 Å². The molecule has 0 saturated carbocycles. The first-order valence-corrected chi connectivity index (χ1v) is 11.5. The van der Waals surface area contributed by atoms with Crippen LogP contribution in [0.2, 0.25) is 0 Å². The Morgan fingerprint density at radius 2 is 1.84 bits per heavy atom. The zero-order chi connectivity index (χ0) is 23.5. The highest BCUT2D eigenvalue weighted by Gasteiger charge is 2.50. The van der Waals surface area contributed by atoms with Crippen molar-refractivity contribution in [2.24, 2.45) is 5.73 Å². The van der Waals surface area contributed by atoms with Crippen molar-refractivity contribution < 1.29 is 24.0 Å². The van der Waals surface area contributed by atoms with Crippen molar-refractivity contribution in [2.75, 3.05) is 18.4 Å². The Morgan fingerprint density at radius 1 is 1.16 bits per heavy atom. The van der Waals surface area contributed by atoms with Crippen LogP contribution in [0.25, 0.3) is 10.4 Å². The van der Waals surface area contributed by atoms with Gasteiger partial charge in [0.2, 0.25) is 0 Å². The number of carboxylic acid groups (broad SMARTS) is 1. The second-order valence-electron chi connectivity index (χ2n) is 9.20. The molecule has 0 radical (unpaired) electrons. The first-order valence-electron chi connectivity index (χ1n) is 10.7. The van der Waals surface area contributed by atoms with Crippen molar-refractivity contribution in [3.05, 3.63) is 42.0 Å². The van der Waals surface area contributed by atoms with Gasteiger partial charge in [0.15, 0.2) is 0 Å². The lowest BCUT2D eigenvalue weighted by atomic mass is 10.0. The van der Waals surface area contributed by atoms with E-state index in [0.29, 0.717) is 30.1 Å². The van der Waals surface area contributed by atoms with Gasteiger partial charge in [0, 0.05) is 4.88 Å². The molecule has 0 spiro atoms. The number of amides is 4. The molecule has 8 nitrogen and oxygen atoms in total. The Morgan fingerprint density at radius 3 is 2.44 bits per heavy atom. The van der Waals surface area contributed by atoms with E-state index in [0.717, 1.165) is 23.3 Å². The van der Waals surface area contributed by atoms with Crippen molar-refractivity contribution in [1.29, 1.82) is 0 Å². The van der Waals surface area contributed by atoms with E-state index >= 15 is 0 Å². The molecular formula is C23H31N4O4S+. The van der Waals surface area contributed by atoms with Crippen molar-refractivity contribution >= 4 is 34.4 Å². The average molecular weight is 460 g/mol. The van der Waals surface area contributed by atoms with Gasteiger partial charge in [-0.3, -0.25) is 10.1 Å². The van der Waals surface area contributed by atoms with E-state index in [1.807, 2.05) is 51.1 Å². The summed E-state index contributed by atoms with van der Waals surface area (Å²) in [4.78, 5) is 37.9. The van der Waals surface area contributed by atoms with Crippen LogP contribution in [-0.4, -0.2) is 52.3 Å². The van der Waals surface area contributed by atoms with Gasteiger partial charge in [0.05, 0.1) is 18.2 Å². The van der Waals surface area contributed by atoms with Gasteiger partial charge in [-0.1, -0.05) is 30.3 Å². The van der Waals surface area contributed by atoms with E-state index < -0.39 is 17.7 Å². The maximum atomic E-state index is 13.3. The van der Waals surface area contributed by atoms with Crippen LogP contribution in [0.4, 0.5) is 14.6 Å². The lowest BCUT2D eigenvalue weighted by molar-refractivity contribution is -0.903. The summed E-state index contributed by atoms with van der Waals surface area (Å²) in [6.45, 7) is 6.59. The maximum Gasteiger partial charge on any atom is 0.514 e. The number of benzene rings is 1. The standard InChI is InChI=1S/C23H30N4O4S/c1-23(2,3)27(22(30)31)12-8-7-11-16(14-27)25-19(28)17-13-18(15-9-5-4-6-10-15)32-20(17)26-21(24)29/h4-6,9-10,13,16H,7-8,11-12,14H2,1-3H3,(H4-,24,25,26,28,29,30,31)/p+1/t16-,27?/m0/s1. The summed E-state index contributed by atoms with van der Waals surface area (Å²) >= 11 is 1.27. The maximum absolute atomic E-state index is 13.3. The van der Waals surface area contributed by atoms with E-state index in [-0.39, 0.29) is 16.4 Å². The Labute approximate surface area is 192 Å². The van der Waals surface area contributed by atoms with Crippen molar-refractivity contribution in [3.8, 4) is 10.4 Å². The average Bonchev–Trinajstić information content (AvgIpc) is 2.99. The second-order valence-corrected chi connectivity index (χ2v) is 10.3. The molecule has 0 aliphatic carbocycles. The summed E-state index contributed by atoms with van der Waals surface area (Å²) in [5, 5.41) is 16.0. The highest BCUT2D eigenvalue weighted by molar-refractivity contribution is 7.20. The number of hydrogen-bond acceptors (Lipinski definition) is 4. The number of quaternary nitrogens is 1. The fourth-order valence-corrected chi connectivity index (χ4v) is 5.36. The number of carbonyl (C=O) groups excluding carboxylic acids is 2. The molecule has 2 heterocycles. The number of hydrogen-bond donors (Lipinski definition) is 4. The van der Waals surface area contributed by atoms with Gasteiger partial charge in [0.25, 0.3) is 5.91 Å². The highest BCUT2D eigenvalue weighted by atomic mass is 32.1. The smallest absolute Gasteiger partial charge is 0.435 e. The number of urea groups is 1. The third kappa shape index (κ3) is 4.94. The second kappa shape index (κ2) is 9.30. The van der Waals surface area contributed by atoms with Gasteiger partial charge in [0.1, 0.15) is 17.1 Å². The van der Waals surface area contributed by atoms with Crippen LogP contribution >= 0.6 is 11.3 Å². The lowest BCUT2D eigenvalue weighted by Gasteiger charge is -2.44. The van der Waals surface area contributed by atoms with Crippen LogP contribution in [0.1, 0.15) is 50.4 Å². The zero-order valence-corrected chi connectivity index (χ0v) is 19.5. The number of nitrogens with zero attached hydrogens (tertiary/aromatic N) is 1. The molecule has 172 valence electrons. The molecule has 1 aliphatic heterocycles. The third-order valence-corrected chi connectivity index (χ3v) is 7.23. The summed E-state index contributed by atoms with van der Waals surface area (Å²) in [7, 11) is 0. The summed E-state index contributed by atoms with van der Waals surface area (Å²) in [5.74, 6) is -0.350. The van der Waals surface area contributed by atoms with Gasteiger partial charge in [-0.25, -0.2) is 9.28 Å². The fraction of sp³-hybridized carbons (Fsp3) is 0.435. The molecular weight excluding hydrogens is 428 g/mol. The molecule has 32 heavy (non-hydrogen) atoms. The first kappa shape index (κ1) is 23.7. The minimum absolute atomic E-state index is 0.108. The lowest BCUT2D eigenvalue weighted by Crippen LogP contribution is -2.66. The van der Waals surface area contributed by atoms with Crippen LogP contribution in [0.5, 0.6) is 0 Å². The predicted molar refractivity (Wildman–Crippen MR) is 126 cm³/mol. The minimum Gasteiger partial charge on any atom is -0.435 e. The number of carbonyl (C=O) groups is 3. The van der Waals surface area contributed by atoms with Gasteiger partial charge in [-0.05, 0) is 51.7 Å². The van der Waals surface area contributed by atoms with Crippen molar-refractivity contribution in [2.45, 2.75) is 51.6 Å². The SMILES string of the molecule is CC(C)(C)[N+]1(C(=O)O)CCCC[C@H](NC(=O)c2cc(-c3ccccc3)sc2NC(N)=O)C1. The quantitative estimate of drug-likeness (QED) is 0.504. The molecule has 1 unspecified atom stereocenters. The van der Waals surface area contributed by atoms with Crippen LogP contribution in [0.3, 0.4) is 0 Å². The summed E-state index contributed by atoms with van der Waals surface area (Å²) in [6, 6.07) is 10.2. The minimum atomic E-state index is -0.878. The fourth-order valence-electron chi connectivity index (χ4n) is 4.29. The Kier molecular flexibility index (Phi) is 6.90. The monoisotopic (exact) mass is 459 g/mol. The molecule has 9 heteroatoms. The molecule has 1 saturated heterocycles. The highest BCUT2D eigenvalue weighted by Crippen LogP contribution is 2.36. The predicted octanol–water partition coefficient (Wildman–Crippen LogP) is 4.48. The number of nitrogens with one attached hydrogen (secondary N) is 2. The Bertz CT molecular complexity index is 999. The van der Waals surface area contributed by atoms with Gasteiger partial charge in [-0.15, -0.1) is 11.3 Å². The number of rotatable bonds is 4. The number of likely N-dealkylation sites (tertiary alicyclic amines) is 1. The molecule has 2 aromatic rings. The van der Waals surface area contributed by atoms with E-state index in [1.165, 1.54) is 11.3 Å². The topological polar surface area (TPSA) is 122 Å². The molecule has 1 aromatic heterocycles. The summed E-state index contributed by atoms with van der Waals surface area (Å²) in [5.41, 5.74) is 6.05. The summed E-state index contributed by atoms with van der Waals surface area (Å²) in [6.07, 6.45) is 1.43.